The van der Waals surface area contributed by atoms with Crippen LogP contribution in [0.5, 0.6) is 0 Å². The molecule has 0 aromatic heterocycles. The molecule has 8 nitrogen and oxygen atoms in total. The summed E-state index contributed by atoms with van der Waals surface area (Å²) in [6.45, 7) is 4.20. The Morgan fingerprint density at radius 3 is 2.14 bits per heavy atom. The second-order valence-corrected chi connectivity index (χ2v) is 14.2. The number of benzene rings is 2. The minimum absolute atomic E-state index is 0.0938. The first-order valence-electron chi connectivity index (χ1n) is 17.3. The quantitative estimate of drug-likeness (QED) is 0.354. The first kappa shape index (κ1) is 35.1. The van der Waals surface area contributed by atoms with Crippen LogP contribution in [0, 0.1) is 29.4 Å². The van der Waals surface area contributed by atoms with E-state index in [2.05, 4.69) is 17.3 Å². The molecule has 0 bridgehead atoms. The van der Waals surface area contributed by atoms with Crippen LogP contribution in [0.1, 0.15) is 61.6 Å². The van der Waals surface area contributed by atoms with Gasteiger partial charge < -0.3 is 24.9 Å². The van der Waals surface area contributed by atoms with Crippen molar-refractivity contribution in [2.24, 2.45) is 17.8 Å². The lowest BCUT2D eigenvalue weighted by Gasteiger charge is -2.41. The predicted octanol–water partition coefficient (Wildman–Crippen LogP) is 6.15. The van der Waals surface area contributed by atoms with E-state index < -0.39 is 29.3 Å². The number of halogens is 5. The van der Waals surface area contributed by atoms with Crippen molar-refractivity contribution in [2.45, 2.75) is 70.1 Å². The number of para-hydroxylation sites is 1. The fraction of sp³-hybridized carbons (Fsp3) is 0.583. The number of alkyl halides is 3. The summed E-state index contributed by atoms with van der Waals surface area (Å²) in [5, 5.41) is 2.92. The third kappa shape index (κ3) is 8.02. The van der Waals surface area contributed by atoms with E-state index >= 15 is 0 Å². The number of nitrogens with one attached hydrogen (secondary N) is 1. The zero-order chi connectivity index (χ0) is 34.9. The topological polar surface area (TPSA) is 76.2 Å². The maximum absolute atomic E-state index is 14.4. The van der Waals surface area contributed by atoms with Crippen LogP contribution in [0.3, 0.4) is 0 Å². The number of urea groups is 1. The molecule has 1 unspecified atom stereocenters. The maximum Gasteiger partial charge on any atom is 0.419 e. The maximum atomic E-state index is 14.4. The van der Waals surface area contributed by atoms with Crippen molar-refractivity contribution in [3.63, 3.8) is 0 Å². The van der Waals surface area contributed by atoms with Crippen molar-refractivity contribution in [1.29, 1.82) is 0 Å². The molecule has 266 valence electrons. The number of hydrogen-bond donors (Lipinski definition) is 1. The fourth-order valence-electron chi connectivity index (χ4n) is 8.13. The second kappa shape index (κ2) is 14.6. The van der Waals surface area contributed by atoms with Crippen LogP contribution in [0.4, 0.5) is 32.4 Å². The van der Waals surface area contributed by atoms with Gasteiger partial charge in [0.2, 0.25) is 11.8 Å². The van der Waals surface area contributed by atoms with Crippen molar-refractivity contribution in [1.82, 2.24) is 19.6 Å². The summed E-state index contributed by atoms with van der Waals surface area (Å²) in [6, 6.07) is 8.53. The zero-order valence-corrected chi connectivity index (χ0v) is 27.8. The van der Waals surface area contributed by atoms with Gasteiger partial charge in [0.1, 0.15) is 0 Å². The minimum Gasteiger partial charge on any atom is -0.343 e. The van der Waals surface area contributed by atoms with E-state index in [-0.39, 0.29) is 42.3 Å². The Morgan fingerprint density at radius 2 is 1.49 bits per heavy atom. The van der Waals surface area contributed by atoms with Crippen molar-refractivity contribution in [2.75, 3.05) is 51.6 Å². The number of likely N-dealkylation sites (tertiary alicyclic amines) is 3. The normalized spacial score (nSPS) is 21.0. The molecule has 4 aliphatic rings. The molecule has 0 radical (unpaired) electrons. The van der Waals surface area contributed by atoms with Crippen molar-refractivity contribution < 1.29 is 36.3 Å². The summed E-state index contributed by atoms with van der Waals surface area (Å²) < 4.78 is 69.2. The van der Waals surface area contributed by atoms with E-state index in [1.807, 2.05) is 24.3 Å². The van der Waals surface area contributed by atoms with Crippen LogP contribution in [0.15, 0.2) is 36.4 Å². The van der Waals surface area contributed by atoms with Gasteiger partial charge in [0.15, 0.2) is 11.6 Å². The molecule has 4 amide bonds. The molecule has 6 rings (SSSR count). The molecule has 3 fully saturated rings. The first-order chi connectivity index (χ1) is 23.4. The SMILES string of the molecule is CN1CCC(C2CCN(C(=O)C(CC(=O)N3CCC(N4Cc5ccccc5NC4=O)CC3)Cc3cc(F)c(F)c(C(F)(F)F)c3)CC2)CC1. The summed E-state index contributed by atoms with van der Waals surface area (Å²) in [4.78, 5) is 47.9. The van der Waals surface area contributed by atoms with Crippen molar-refractivity contribution in [3.05, 3.63) is 64.7 Å². The third-order valence-electron chi connectivity index (χ3n) is 11.0. The van der Waals surface area contributed by atoms with E-state index in [4.69, 9.17) is 0 Å². The molecule has 0 spiro atoms. The number of carbonyl (C=O) groups excluding carboxylic acids is 3. The highest BCUT2D eigenvalue weighted by Gasteiger charge is 2.39. The third-order valence-corrected chi connectivity index (χ3v) is 11.0. The fourth-order valence-corrected chi connectivity index (χ4v) is 8.13. The van der Waals surface area contributed by atoms with Crippen LogP contribution >= 0.6 is 0 Å². The molecule has 0 aliphatic carbocycles. The molecule has 3 saturated heterocycles. The van der Waals surface area contributed by atoms with E-state index in [0.29, 0.717) is 69.5 Å². The number of rotatable bonds is 7. The number of carbonyl (C=O) groups is 3. The Balaban J connectivity index is 1.13. The van der Waals surface area contributed by atoms with Gasteiger partial charge in [-0.25, -0.2) is 13.6 Å². The summed E-state index contributed by atoms with van der Waals surface area (Å²) in [5.41, 5.74) is -0.135. The molecule has 4 heterocycles. The average molecular weight is 690 g/mol. The van der Waals surface area contributed by atoms with E-state index in [1.54, 1.807) is 14.7 Å². The second-order valence-electron chi connectivity index (χ2n) is 14.2. The Hall–Kier alpha value is -3.74. The van der Waals surface area contributed by atoms with Gasteiger partial charge in [-0.2, -0.15) is 13.2 Å². The van der Waals surface area contributed by atoms with Crippen LogP contribution in [0.25, 0.3) is 0 Å². The van der Waals surface area contributed by atoms with Gasteiger partial charge in [-0.15, -0.1) is 0 Å². The summed E-state index contributed by atoms with van der Waals surface area (Å²) >= 11 is 0. The summed E-state index contributed by atoms with van der Waals surface area (Å²) in [7, 11) is 2.11. The van der Waals surface area contributed by atoms with Crippen LogP contribution in [-0.4, -0.2) is 89.8 Å². The van der Waals surface area contributed by atoms with Gasteiger partial charge >= 0.3 is 12.2 Å². The van der Waals surface area contributed by atoms with Gasteiger partial charge in [0.25, 0.3) is 0 Å². The Kier molecular flexibility index (Phi) is 10.5. The molecule has 2 aromatic carbocycles. The van der Waals surface area contributed by atoms with Crippen molar-refractivity contribution in [3.8, 4) is 0 Å². The van der Waals surface area contributed by atoms with E-state index in [9.17, 15) is 36.3 Å². The monoisotopic (exact) mass is 689 g/mol. The molecule has 2 aromatic rings. The number of fused-ring (bicyclic) bond motifs is 1. The lowest BCUT2D eigenvalue weighted by molar-refractivity contribution is -0.143. The molecule has 4 aliphatic heterocycles. The standard InChI is InChI=1S/C36H44F5N5O3/c1-43-12-6-24(7-13-43)25-8-14-45(15-9-25)34(48)27(18-23-19-29(36(39,40)41)33(38)30(37)20-23)21-32(47)44-16-10-28(11-17-44)46-22-26-4-2-3-5-31(26)42-35(46)49/h2-5,19-20,24-25,27-28H,6-18,21-22H2,1H3,(H,42,49). The molecule has 1 N–H and O–H groups in total. The van der Waals surface area contributed by atoms with Crippen LogP contribution in [0.2, 0.25) is 0 Å². The number of anilines is 1. The average Bonchev–Trinajstić information content (AvgIpc) is 3.09. The van der Waals surface area contributed by atoms with Gasteiger partial charge in [-0.05, 0) is 106 Å². The summed E-state index contributed by atoms with van der Waals surface area (Å²) in [5.74, 6) is -4.29. The molecular weight excluding hydrogens is 645 g/mol. The van der Waals surface area contributed by atoms with Gasteiger partial charge in [0.05, 0.1) is 11.5 Å². The molecule has 1 atom stereocenters. The first-order valence-corrected chi connectivity index (χ1v) is 17.3. The molecule has 13 heteroatoms. The highest BCUT2D eigenvalue weighted by molar-refractivity contribution is 5.92. The lowest BCUT2D eigenvalue weighted by Crippen LogP contribution is -2.51. The largest absolute Gasteiger partial charge is 0.419 e. The summed E-state index contributed by atoms with van der Waals surface area (Å²) in [6.07, 6.45) is -0.820. The van der Waals surface area contributed by atoms with E-state index in [1.165, 1.54) is 0 Å². The van der Waals surface area contributed by atoms with Gasteiger partial charge in [0, 0.05) is 50.9 Å². The number of piperidine rings is 3. The number of amides is 4. The van der Waals surface area contributed by atoms with E-state index in [0.717, 1.165) is 50.0 Å². The van der Waals surface area contributed by atoms with Crippen molar-refractivity contribution >= 4 is 23.5 Å². The number of nitrogens with zero attached hydrogens (tertiary/aromatic N) is 4. The minimum atomic E-state index is -5.12. The smallest absolute Gasteiger partial charge is 0.343 e. The molecule has 49 heavy (non-hydrogen) atoms. The molecule has 0 saturated carbocycles. The van der Waals surface area contributed by atoms with Gasteiger partial charge in [-0.3, -0.25) is 9.59 Å². The Morgan fingerprint density at radius 1 is 0.878 bits per heavy atom. The Bertz CT molecular complexity index is 1530. The highest BCUT2D eigenvalue weighted by Crippen LogP contribution is 2.36. The van der Waals surface area contributed by atoms with Crippen LogP contribution in [-0.2, 0) is 28.7 Å². The number of hydrogen-bond acceptors (Lipinski definition) is 4. The Labute approximate surface area is 283 Å². The zero-order valence-electron chi connectivity index (χ0n) is 27.8. The highest BCUT2D eigenvalue weighted by atomic mass is 19.4. The predicted molar refractivity (Wildman–Crippen MR) is 173 cm³/mol. The van der Waals surface area contributed by atoms with Gasteiger partial charge in [-0.1, -0.05) is 18.2 Å². The molecular formula is C36H44F5N5O3. The van der Waals surface area contributed by atoms with Crippen LogP contribution < -0.4 is 5.32 Å². The lowest BCUT2D eigenvalue weighted by atomic mass is 9.78.